The fraction of sp³-hybridized carbons (Fsp3) is 0.200. The first-order chi connectivity index (χ1) is 33.5. The number of nitrogens with two attached hydrogens (primary N) is 2. The van der Waals surface area contributed by atoms with Crippen LogP contribution in [-0.4, -0.2) is 117 Å². The van der Waals surface area contributed by atoms with Gasteiger partial charge in [-0.1, -0.05) is 29.3 Å². The Balaban J connectivity index is 1.05. The van der Waals surface area contributed by atoms with Gasteiger partial charge in [0.05, 0.1) is 21.8 Å². The zero-order valence-corrected chi connectivity index (χ0v) is 39.7. The van der Waals surface area contributed by atoms with Gasteiger partial charge in [-0.3, -0.25) is 4.55 Å². The Hall–Kier alpha value is -6.68. The van der Waals surface area contributed by atoms with Crippen molar-refractivity contribution in [2.24, 2.45) is 10.3 Å². The minimum Gasteiger partial charge on any atom is -0.338 e. The third kappa shape index (κ3) is 13.1. The summed E-state index contributed by atoms with van der Waals surface area (Å²) < 4.78 is 88.1. The van der Waals surface area contributed by atoms with Crippen LogP contribution in [0.3, 0.4) is 0 Å². The molecule has 0 unspecified atom stereocenters. The van der Waals surface area contributed by atoms with Crippen LogP contribution >= 0.6 is 12.0 Å². The predicted molar refractivity (Wildman–Crippen MR) is 261 cm³/mol. The van der Waals surface area contributed by atoms with E-state index in [1.54, 1.807) is 30.3 Å². The molecule has 12 N–H and O–H groups in total. The Bertz CT molecular complexity index is 3220. The van der Waals surface area contributed by atoms with E-state index in [0.717, 1.165) is 0 Å². The average Bonchev–Trinajstić information content (AvgIpc) is 3.33. The fourth-order valence-corrected chi connectivity index (χ4v) is 9.22. The van der Waals surface area contributed by atoms with Crippen LogP contribution in [0.5, 0.6) is 0 Å². The minimum absolute atomic E-state index is 0.0278. The molecule has 2 aromatic heterocycles. The van der Waals surface area contributed by atoms with E-state index < -0.39 is 35.1 Å². The Morgan fingerprint density at radius 3 is 1.36 bits per heavy atom. The molecule has 0 bridgehead atoms. The van der Waals surface area contributed by atoms with Gasteiger partial charge in [-0.25, -0.2) is 32.4 Å². The van der Waals surface area contributed by atoms with Crippen molar-refractivity contribution in [2.45, 2.75) is 19.6 Å². The average molecular weight is 1040 g/mol. The molecule has 2 aliphatic heterocycles. The maximum absolute atomic E-state index is 12.9. The number of nitrogens with zero attached hydrogens (tertiary/aromatic N) is 8. The second kappa shape index (κ2) is 21.5. The molecule has 4 aromatic carbocycles. The minimum atomic E-state index is -4.83. The van der Waals surface area contributed by atoms with E-state index >= 15 is 0 Å². The highest BCUT2D eigenvalue weighted by atomic mass is 32.2. The monoisotopic (exact) mass is 1040 g/mol. The molecule has 0 radical (unpaired) electrons. The number of aromatic nitrogens is 6. The van der Waals surface area contributed by atoms with Crippen molar-refractivity contribution < 1.29 is 44.4 Å². The highest BCUT2D eigenvalue weighted by molar-refractivity contribution is 7.94. The summed E-state index contributed by atoms with van der Waals surface area (Å²) in [6, 6.07) is 20.6. The number of hydrogen-bond acceptors (Lipinski definition) is 24. The number of anilines is 10. The molecule has 8 rings (SSSR count). The Labute approximate surface area is 405 Å². The first-order valence-corrected chi connectivity index (χ1v) is 26.1. The largest absolute Gasteiger partial charge is 0.338 e. The van der Waals surface area contributed by atoms with Crippen LogP contribution in [0.4, 0.5) is 58.4 Å². The maximum atomic E-state index is 12.9. The van der Waals surface area contributed by atoms with Crippen molar-refractivity contribution in [2.75, 3.05) is 83.4 Å². The Morgan fingerprint density at radius 1 is 0.557 bits per heavy atom. The van der Waals surface area contributed by atoms with Gasteiger partial charge in [-0.05, 0) is 83.9 Å². The van der Waals surface area contributed by atoms with E-state index in [-0.39, 0.29) is 44.8 Å². The maximum Gasteiger partial charge on any atom is 0.295 e. The van der Waals surface area contributed by atoms with E-state index in [1.807, 2.05) is 9.80 Å². The first-order valence-electron chi connectivity index (χ1n) is 20.8. The predicted octanol–water partition coefficient (Wildman–Crippen LogP) is 2.99. The molecule has 2 saturated heterocycles. The molecular formula is C40H44N16O10S4. The van der Waals surface area contributed by atoms with Crippen molar-refractivity contribution in [3.63, 3.8) is 0 Å². The molecule has 0 atom stereocenters. The van der Waals surface area contributed by atoms with Crippen molar-refractivity contribution in [3.8, 4) is 0 Å². The summed E-state index contributed by atoms with van der Waals surface area (Å²) in [6.45, 7) is 5.15. The first kappa shape index (κ1) is 49.7. The van der Waals surface area contributed by atoms with E-state index in [9.17, 15) is 29.8 Å². The smallest absolute Gasteiger partial charge is 0.295 e. The van der Waals surface area contributed by atoms with Gasteiger partial charge in [0.1, 0.15) is 4.90 Å². The molecule has 30 heteroatoms. The van der Waals surface area contributed by atoms with Gasteiger partial charge in [0.2, 0.25) is 55.7 Å². The van der Waals surface area contributed by atoms with E-state index in [4.69, 9.17) is 19.9 Å². The molecule has 2 fully saturated rings. The quantitative estimate of drug-likeness (QED) is 0.0194. The number of primary sulfonamides is 2. The zero-order chi connectivity index (χ0) is 49.5. The van der Waals surface area contributed by atoms with E-state index in [2.05, 4.69) is 66.8 Å². The van der Waals surface area contributed by atoms with Crippen LogP contribution in [-0.2, 0) is 39.5 Å². The lowest BCUT2D eigenvalue weighted by Crippen LogP contribution is -2.44. The lowest BCUT2D eigenvalue weighted by Gasteiger charge is -2.27. The summed E-state index contributed by atoms with van der Waals surface area (Å²) in [5.41, 5.74) is 2.14. The van der Waals surface area contributed by atoms with Gasteiger partial charge >= 0.3 is 0 Å². The molecule has 0 spiro atoms. The summed E-state index contributed by atoms with van der Waals surface area (Å²) in [5, 5.41) is 42.2. The molecule has 368 valence electrons. The van der Waals surface area contributed by atoms with Crippen LogP contribution in [0, 0.1) is 0 Å². The van der Waals surface area contributed by atoms with Crippen LogP contribution in [0.25, 0.3) is 12.2 Å². The van der Waals surface area contributed by atoms with Gasteiger partial charge in [-0.2, -0.15) is 38.3 Å². The summed E-state index contributed by atoms with van der Waals surface area (Å²) in [6.07, 6.45) is 3.00. The summed E-state index contributed by atoms with van der Waals surface area (Å²) in [7, 11) is -12.7. The second-order valence-corrected chi connectivity index (χ2v) is 20.5. The number of nitrogens with one attached hydrogen (secondary N) is 6. The van der Waals surface area contributed by atoms with E-state index in [0.29, 0.717) is 104 Å². The molecule has 2 aliphatic rings. The Kier molecular flexibility index (Phi) is 15.3. The van der Waals surface area contributed by atoms with Gasteiger partial charge in [0, 0.05) is 80.0 Å². The van der Waals surface area contributed by atoms with Gasteiger partial charge < -0.3 is 41.7 Å². The third-order valence-electron chi connectivity index (χ3n) is 10.3. The third-order valence-corrected chi connectivity index (χ3v) is 13.8. The molecule has 6 aromatic rings. The second-order valence-electron chi connectivity index (χ2n) is 15.2. The lowest BCUT2D eigenvalue weighted by atomic mass is 10.1. The molecule has 0 aliphatic carbocycles. The zero-order valence-electron chi connectivity index (χ0n) is 36.4. The molecule has 4 heterocycles. The SMILES string of the molecule is NS(=O)(=O)c1ccc(Nc2nc(Nc3ccc(/C=C/c4ccc(Nc5nc(Nc6ccc(S(N)(=O)=O)cc6)nc(N6CCNCC6)n5)cc4S(=O)(=O)O)c(SOOO)c3)nc(N3CCNCC3)n2)cc1. The fourth-order valence-electron chi connectivity index (χ4n) is 6.96. The van der Waals surface area contributed by atoms with Crippen LogP contribution in [0.15, 0.2) is 105 Å². The number of sulfonamides is 2. The molecule has 26 nitrogen and oxygen atoms in total. The molecule has 0 saturated carbocycles. The van der Waals surface area contributed by atoms with Crippen molar-refractivity contribution in [1.82, 2.24) is 40.5 Å². The highest BCUT2D eigenvalue weighted by Gasteiger charge is 2.21. The standard InChI is InChI=1S/C40H44N16O10S4/c41-68(58,59)31-11-7-27(8-12-31)45-35-49-37(53-39(51-35)55-19-15-43-16-20-55)47-29-5-3-25(33(23-29)67-66-65-57)1-2-26-4-6-30(24-34(26)70(62,63)64)48-38-50-36(52-40(54-38)56-21-17-44-18-22-56)46-28-9-13-32(14-10-28)69(42,60)61/h1-14,23-24,43-44,57H,15-22H2,(H2,41,58,59)(H2,42,60,61)(H,62,63,64)(H2,45,47,49,51,53)(H2,46,48,50,52,54)/b2-1+. The highest BCUT2D eigenvalue weighted by Crippen LogP contribution is 2.32. The van der Waals surface area contributed by atoms with Gasteiger partial charge in [-0.15, -0.1) is 4.33 Å². The van der Waals surface area contributed by atoms with Crippen LogP contribution in [0.1, 0.15) is 11.1 Å². The summed E-state index contributed by atoms with van der Waals surface area (Å²) in [5.74, 6) is 1.09. The Morgan fingerprint density at radius 2 is 0.943 bits per heavy atom. The summed E-state index contributed by atoms with van der Waals surface area (Å²) in [4.78, 5) is 31.0. The van der Waals surface area contributed by atoms with Crippen LogP contribution in [0.2, 0.25) is 0 Å². The van der Waals surface area contributed by atoms with Crippen molar-refractivity contribution in [1.29, 1.82) is 0 Å². The number of hydrogen-bond donors (Lipinski definition) is 10. The van der Waals surface area contributed by atoms with Crippen LogP contribution < -0.4 is 52.0 Å². The molecular weight excluding hydrogens is 993 g/mol. The molecule has 0 amide bonds. The summed E-state index contributed by atoms with van der Waals surface area (Å²) >= 11 is 0.635. The normalized spacial score (nSPS) is 14.7. The number of benzene rings is 4. The van der Waals surface area contributed by atoms with Crippen molar-refractivity contribution in [3.05, 3.63) is 96.1 Å². The molecule has 70 heavy (non-hydrogen) atoms. The lowest BCUT2D eigenvalue weighted by molar-refractivity contribution is -0.432. The number of rotatable bonds is 18. The van der Waals surface area contributed by atoms with Gasteiger partial charge in [0.15, 0.2) is 0 Å². The number of piperazine rings is 2. The van der Waals surface area contributed by atoms with Gasteiger partial charge in [0.25, 0.3) is 10.1 Å². The van der Waals surface area contributed by atoms with Crippen molar-refractivity contribution >= 4 is 113 Å². The topological polar surface area (TPSA) is 369 Å². The van der Waals surface area contributed by atoms with E-state index in [1.165, 1.54) is 66.7 Å².